The lowest BCUT2D eigenvalue weighted by Gasteiger charge is -2.36. The lowest BCUT2D eigenvalue weighted by atomic mass is 9.92. The zero-order valence-electron chi connectivity index (χ0n) is 14.4. The maximum atomic E-state index is 12.8. The van der Waals surface area contributed by atoms with Crippen molar-refractivity contribution in [3.8, 4) is 0 Å². The van der Waals surface area contributed by atoms with Crippen molar-refractivity contribution in [1.29, 1.82) is 0 Å². The summed E-state index contributed by atoms with van der Waals surface area (Å²) < 4.78 is 16.2. The van der Waals surface area contributed by atoms with Gasteiger partial charge in [-0.2, -0.15) is 0 Å². The number of hydrogen-bond donors (Lipinski definition) is 2. The number of carbonyl (C=O) groups excluding carboxylic acids is 1. The Kier molecular flexibility index (Phi) is 7.36. The molecule has 0 bridgehead atoms. The van der Waals surface area contributed by atoms with Crippen molar-refractivity contribution in [2.24, 2.45) is 0 Å². The highest BCUT2D eigenvalue weighted by Crippen LogP contribution is 2.27. The lowest BCUT2D eigenvalue weighted by Crippen LogP contribution is -2.56. The van der Waals surface area contributed by atoms with Gasteiger partial charge in [0.15, 0.2) is 5.60 Å². The Balaban J connectivity index is 2.06. The smallest absolute Gasteiger partial charge is 0.326 e. The first-order valence-electron chi connectivity index (χ1n) is 8.36. The van der Waals surface area contributed by atoms with E-state index in [1.165, 1.54) is 7.11 Å². The predicted octanol–water partition coefficient (Wildman–Crippen LogP) is 1.36. The van der Waals surface area contributed by atoms with Gasteiger partial charge in [-0.3, -0.25) is 4.79 Å². The molecule has 138 valence electrons. The number of nitrogens with one attached hydrogen (secondary N) is 1. The van der Waals surface area contributed by atoms with Gasteiger partial charge in [0.05, 0.1) is 6.61 Å². The average molecular weight is 351 g/mol. The van der Waals surface area contributed by atoms with Gasteiger partial charge in [-0.05, 0) is 5.56 Å². The Labute approximate surface area is 147 Å². The second-order valence-electron chi connectivity index (χ2n) is 6.03. The third kappa shape index (κ3) is 5.52. The maximum Gasteiger partial charge on any atom is 0.326 e. The molecule has 0 radical (unpaired) electrons. The molecule has 7 nitrogen and oxygen atoms in total. The number of aliphatic carboxylic acids is 1. The number of carbonyl (C=O) groups is 2. The van der Waals surface area contributed by atoms with E-state index in [9.17, 15) is 14.7 Å². The summed E-state index contributed by atoms with van der Waals surface area (Å²) in [6, 6.07) is 8.55. The second-order valence-corrected chi connectivity index (χ2v) is 6.03. The summed E-state index contributed by atoms with van der Waals surface area (Å²) in [5.74, 6) is -1.49. The Bertz CT molecular complexity index is 556. The Morgan fingerprint density at radius 1 is 1.28 bits per heavy atom. The Hall–Kier alpha value is -1.96. The molecule has 0 spiro atoms. The van der Waals surface area contributed by atoms with Gasteiger partial charge < -0.3 is 24.6 Å². The highest BCUT2D eigenvalue weighted by atomic mass is 16.5. The number of rotatable bonds is 9. The van der Waals surface area contributed by atoms with Crippen LogP contribution in [0.4, 0.5) is 0 Å². The van der Waals surface area contributed by atoms with Crippen LogP contribution in [0.15, 0.2) is 30.3 Å². The fourth-order valence-corrected chi connectivity index (χ4v) is 2.72. The summed E-state index contributed by atoms with van der Waals surface area (Å²) in [6.45, 7) is 1.33. The van der Waals surface area contributed by atoms with Gasteiger partial charge in [0.1, 0.15) is 6.04 Å². The zero-order valence-corrected chi connectivity index (χ0v) is 14.4. The van der Waals surface area contributed by atoms with Crippen molar-refractivity contribution in [1.82, 2.24) is 5.32 Å². The van der Waals surface area contributed by atoms with Crippen LogP contribution in [0.3, 0.4) is 0 Å². The minimum atomic E-state index is -1.09. The molecule has 1 aromatic carbocycles. The van der Waals surface area contributed by atoms with Crippen molar-refractivity contribution < 1.29 is 28.9 Å². The number of ether oxygens (including phenoxy) is 3. The van der Waals surface area contributed by atoms with E-state index >= 15 is 0 Å². The molecule has 1 atom stereocenters. The molecule has 1 fully saturated rings. The van der Waals surface area contributed by atoms with Gasteiger partial charge in [-0.15, -0.1) is 0 Å². The minimum absolute atomic E-state index is 0.197. The molecule has 0 aliphatic carbocycles. The molecule has 1 aromatic rings. The molecular weight excluding hydrogens is 326 g/mol. The fraction of sp³-hybridized carbons (Fsp3) is 0.556. The number of hydrogen-bond acceptors (Lipinski definition) is 5. The van der Waals surface area contributed by atoms with E-state index in [2.05, 4.69) is 5.32 Å². The molecule has 1 aliphatic rings. The SMILES string of the molecule is COCCC(NC(=O)C1(OCc2ccccc2)CCOCC1)C(=O)O. The van der Waals surface area contributed by atoms with Gasteiger partial charge in [0.25, 0.3) is 5.91 Å². The number of amides is 1. The number of carboxylic acids is 1. The molecule has 1 unspecified atom stereocenters. The van der Waals surface area contributed by atoms with Crippen LogP contribution in [0, 0.1) is 0 Å². The molecule has 1 saturated heterocycles. The van der Waals surface area contributed by atoms with Crippen molar-refractivity contribution in [3.05, 3.63) is 35.9 Å². The van der Waals surface area contributed by atoms with Crippen LogP contribution in [0.5, 0.6) is 0 Å². The van der Waals surface area contributed by atoms with Crippen molar-refractivity contribution >= 4 is 11.9 Å². The molecule has 25 heavy (non-hydrogen) atoms. The van der Waals surface area contributed by atoms with Gasteiger partial charge in [-0.1, -0.05) is 30.3 Å². The first-order chi connectivity index (χ1) is 12.1. The molecule has 0 saturated carbocycles. The average Bonchev–Trinajstić information content (AvgIpc) is 2.64. The van der Waals surface area contributed by atoms with Gasteiger partial charge in [0, 0.05) is 46.2 Å². The lowest BCUT2D eigenvalue weighted by molar-refractivity contribution is -0.166. The molecule has 1 aliphatic heterocycles. The highest BCUT2D eigenvalue weighted by molar-refractivity contribution is 5.89. The Morgan fingerprint density at radius 3 is 2.56 bits per heavy atom. The largest absolute Gasteiger partial charge is 0.480 e. The normalized spacial score (nSPS) is 17.6. The molecule has 2 rings (SSSR count). The third-order valence-corrected chi connectivity index (χ3v) is 4.29. The van der Waals surface area contributed by atoms with Gasteiger partial charge >= 0.3 is 5.97 Å². The van der Waals surface area contributed by atoms with Crippen LogP contribution in [-0.4, -0.2) is 55.6 Å². The zero-order chi connectivity index (χ0) is 18.1. The summed E-state index contributed by atoms with van der Waals surface area (Å²) in [5.41, 5.74) is -0.121. The van der Waals surface area contributed by atoms with E-state index in [0.29, 0.717) is 26.1 Å². The van der Waals surface area contributed by atoms with Crippen LogP contribution in [0.25, 0.3) is 0 Å². The number of methoxy groups -OCH3 is 1. The van der Waals surface area contributed by atoms with E-state index < -0.39 is 23.5 Å². The van der Waals surface area contributed by atoms with Crippen LogP contribution >= 0.6 is 0 Å². The van der Waals surface area contributed by atoms with E-state index in [1.54, 1.807) is 0 Å². The highest BCUT2D eigenvalue weighted by Gasteiger charge is 2.42. The summed E-state index contributed by atoms with van der Waals surface area (Å²) in [4.78, 5) is 24.2. The van der Waals surface area contributed by atoms with Gasteiger partial charge in [0.2, 0.25) is 0 Å². The predicted molar refractivity (Wildman–Crippen MR) is 90.1 cm³/mol. The first kappa shape index (κ1) is 19.4. The maximum absolute atomic E-state index is 12.8. The van der Waals surface area contributed by atoms with E-state index in [-0.39, 0.29) is 19.6 Å². The Morgan fingerprint density at radius 2 is 1.96 bits per heavy atom. The molecule has 0 aromatic heterocycles. The quantitative estimate of drug-likeness (QED) is 0.698. The second kappa shape index (κ2) is 9.50. The fourth-order valence-electron chi connectivity index (χ4n) is 2.72. The van der Waals surface area contributed by atoms with Crippen LogP contribution in [-0.2, 0) is 30.4 Å². The summed E-state index contributed by atoms with van der Waals surface area (Å²) in [7, 11) is 1.49. The summed E-state index contributed by atoms with van der Waals surface area (Å²) in [5, 5.41) is 11.9. The number of carboxylic acid groups (broad SMARTS) is 1. The molecule has 1 amide bonds. The monoisotopic (exact) mass is 351 g/mol. The van der Waals surface area contributed by atoms with Crippen LogP contribution < -0.4 is 5.32 Å². The van der Waals surface area contributed by atoms with Gasteiger partial charge in [-0.25, -0.2) is 4.79 Å². The van der Waals surface area contributed by atoms with Crippen molar-refractivity contribution in [2.45, 2.75) is 37.5 Å². The summed E-state index contributed by atoms with van der Waals surface area (Å²) >= 11 is 0. The minimum Gasteiger partial charge on any atom is -0.480 e. The topological polar surface area (TPSA) is 94.1 Å². The van der Waals surface area contributed by atoms with E-state index in [0.717, 1.165) is 5.56 Å². The molecular formula is C18H25NO6. The molecule has 7 heteroatoms. The molecule has 1 heterocycles. The van der Waals surface area contributed by atoms with E-state index in [4.69, 9.17) is 14.2 Å². The number of benzene rings is 1. The van der Waals surface area contributed by atoms with Crippen LogP contribution in [0.2, 0.25) is 0 Å². The van der Waals surface area contributed by atoms with Crippen molar-refractivity contribution in [3.63, 3.8) is 0 Å². The first-order valence-corrected chi connectivity index (χ1v) is 8.36. The van der Waals surface area contributed by atoms with Crippen molar-refractivity contribution in [2.75, 3.05) is 26.9 Å². The van der Waals surface area contributed by atoms with E-state index in [1.807, 2.05) is 30.3 Å². The third-order valence-electron chi connectivity index (χ3n) is 4.29. The summed E-state index contributed by atoms with van der Waals surface area (Å²) in [6.07, 6.45) is 0.980. The molecule has 2 N–H and O–H groups in total. The van der Waals surface area contributed by atoms with Crippen LogP contribution in [0.1, 0.15) is 24.8 Å². The standard InChI is InChI=1S/C18H25NO6/c1-23-10-7-15(16(20)21)19-17(22)18(8-11-24-12-9-18)25-13-14-5-3-2-4-6-14/h2-6,15H,7-13H2,1H3,(H,19,22)(H,20,21).